The Bertz CT molecular complexity index is 351. The number of hydrogen-bond acceptors (Lipinski definition) is 1. The topological polar surface area (TPSA) is 12.0 Å². The molecule has 3 rings (SSSR count). The maximum Gasteiger partial charge on any atom is 0.0175 e. The van der Waals surface area contributed by atoms with Crippen LogP contribution in [0.2, 0.25) is 0 Å². The zero-order chi connectivity index (χ0) is 10.3. The standard InChI is InChI=1S/C13H16BrN/c14-11-3-1-10(2-4-11)12-9-13(12)5-7-15-8-6-13/h1-4,12,15H,5-9H2. The first kappa shape index (κ1) is 9.86. The quantitative estimate of drug-likeness (QED) is 0.822. The lowest BCUT2D eigenvalue weighted by atomic mass is 9.90. The molecule has 0 aromatic heterocycles. The van der Waals surface area contributed by atoms with Crippen LogP contribution < -0.4 is 5.32 Å². The minimum atomic E-state index is 0.666. The molecule has 1 aromatic carbocycles. The van der Waals surface area contributed by atoms with E-state index in [1.54, 1.807) is 5.56 Å². The van der Waals surface area contributed by atoms with Crippen molar-refractivity contribution >= 4 is 15.9 Å². The van der Waals surface area contributed by atoms with Crippen molar-refractivity contribution in [2.75, 3.05) is 13.1 Å². The van der Waals surface area contributed by atoms with E-state index in [1.165, 1.54) is 36.8 Å². The van der Waals surface area contributed by atoms with Crippen molar-refractivity contribution < 1.29 is 0 Å². The fraction of sp³-hybridized carbons (Fsp3) is 0.538. The van der Waals surface area contributed by atoms with Gasteiger partial charge in [0.25, 0.3) is 0 Å². The number of nitrogens with one attached hydrogen (secondary N) is 1. The molecule has 1 atom stereocenters. The second-order valence-electron chi connectivity index (χ2n) is 4.92. The van der Waals surface area contributed by atoms with Gasteiger partial charge in [0.15, 0.2) is 0 Å². The molecule has 1 aromatic rings. The summed E-state index contributed by atoms with van der Waals surface area (Å²) in [6.07, 6.45) is 4.15. The fourth-order valence-electron chi connectivity index (χ4n) is 2.99. The molecule has 80 valence electrons. The zero-order valence-corrected chi connectivity index (χ0v) is 10.4. The lowest BCUT2D eigenvalue weighted by Gasteiger charge is -2.23. The van der Waals surface area contributed by atoms with E-state index in [0.29, 0.717) is 5.41 Å². The molecule has 1 spiro atoms. The summed E-state index contributed by atoms with van der Waals surface area (Å²) < 4.78 is 1.19. The Hall–Kier alpha value is -0.340. The molecule has 2 aliphatic rings. The number of rotatable bonds is 1. The molecule has 1 saturated carbocycles. The van der Waals surface area contributed by atoms with Crippen LogP contribution in [0.3, 0.4) is 0 Å². The van der Waals surface area contributed by atoms with Gasteiger partial charge < -0.3 is 5.32 Å². The molecule has 1 nitrogen and oxygen atoms in total. The van der Waals surface area contributed by atoms with Gasteiger partial charge in [0.05, 0.1) is 0 Å². The summed E-state index contributed by atoms with van der Waals surface area (Å²) in [7, 11) is 0. The SMILES string of the molecule is Brc1ccc(C2CC23CCNCC3)cc1. The first-order valence-electron chi connectivity index (χ1n) is 5.76. The van der Waals surface area contributed by atoms with Crippen LogP contribution in [-0.4, -0.2) is 13.1 Å². The Balaban J connectivity index is 1.77. The van der Waals surface area contributed by atoms with Gasteiger partial charge in [-0.2, -0.15) is 0 Å². The van der Waals surface area contributed by atoms with E-state index in [0.717, 1.165) is 5.92 Å². The highest BCUT2D eigenvalue weighted by Crippen LogP contribution is 2.64. The molecular weight excluding hydrogens is 250 g/mol. The van der Waals surface area contributed by atoms with Gasteiger partial charge in [-0.25, -0.2) is 0 Å². The highest BCUT2D eigenvalue weighted by molar-refractivity contribution is 9.10. The van der Waals surface area contributed by atoms with Gasteiger partial charge in [-0.3, -0.25) is 0 Å². The van der Waals surface area contributed by atoms with Crippen LogP contribution in [0.1, 0.15) is 30.7 Å². The van der Waals surface area contributed by atoms with Crippen LogP contribution in [-0.2, 0) is 0 Å². The highest BCUT2D eigenvalue weighted by atomic mass is 79.9. The summed E-state index contributed by atoms with van der Waals surface area (Å²) in [5, 5.41) is 3.45. The van der Waals surface area contributed by atoms with Crippen molar-refractivity contribution in [3.05, 3.63) is 34.3 Å². The molecule has 1 aliphatic heterocycles. The average Bonchev–Trinajstić information content (AvgIpc) is 2.94. The van der Waals surface area contributed by atoms with E-state index < -0.39 is 0 Å². The summed E-state index contributed by atoms with van der Waals surface area (Å²) in [4.78, 5) is 0. The van der Waals surface area contributed by atoms with Gasteiger partial charge in [0, 0.05) is 4.47 Å². The van der Waals surface area contributed by atoms with E-state index in [2.05, 4.69) is 45.5 Å². The Labute approximate surface area is 99.4 Å². The van der Waals surface area contributed by atoms with Crippen LogP contribution in [0.25, 0.3) is 0 Å². The van der Waals surface area contributed by atoms with E-state index in [-0.39, 0.29) is 0 Å². The predicted molar refractivity (Wildman–Crippen MR) is 66.0 cm³/mol. The average molecular weight is 266 g/mol. The van der Waals surface area contributed by atoms with Gasteiger partial charge >= 0.3 is 0 Å². The number of halogens is 1. The number of benzene rings is 1. The van der Waals surface area contributed by atoms with E-state index >= 15 is 0 Å². The van der Waals surface area contributed by atoms with Crippen molar-refractivity contribution in [1.82, 2.24) is 5.32 Å². The minimum absolute atomic E-state index is 0.666. The van der Waals surface area contributed by atoms with Gasteiger partial charge in [0.2, 0.25) is 0 Å². The van der Waals surface area contributed by atoms with Crippen LogP contribution in [0, 0.1) is 5.41 Å². The Morgan fingerprint density at radius 1 is 1.13 bits per heavy atom. The third-order valence-electron chi connectivity index (χ3n) is 4.06. The van der Waals surface area contributed by atoms with E-state index in [1.807, 2.05) is 0 Å². The fourth-order valence-corrected chi connectivity index (χ4v) is 3.26. The van der Waals surface area contributed by atoms with Crippen molar-refractivity contribution in [3.63, 3.8) is 0 Å². The maximum absolute atomic E-state index is 3.49. The molecule has 1 aliphatic carbocycles. The molecule has 1 N–H and O–H groups in total. The van der Waals surface area contributed by atoms with E-state index in [4.69, 9.17) is 0 Å². The first-order chi connectivity index (χ1) is 7.30. The molecule has 2 fully saturated rings. The van der Waals surface area contributed by atoms with Crippen LogP contribution >= 0.6 is 15.9 Å². The van der Waals surface area contributed by atoms with Gasteiger partial charge in [-0.05, 0) is 61.4 Å². The van der Waals surface area contributed by atoms with Gasteiger partial charge in [0.1, 0.15) is 0 Å². The molecule has 0 radical (unpaired) electrons. The molecule has 1 heterocycles. The van der Waals surface area contributed by atoms with Crippen LogP contribution in [0.4, 0.5) is 0 Å². The van der Waals surface area contributed by atoms with Gasteiger partial charge in [-0.15, -0.1) is 0 Å². The summed E-state index contributed by atoms with van der Waals surface area (Å²) >= 11 is 3.49. The lowest BCUT2D eigenvalue weighted by molar-refractivity contribution is 0.342. The van der Waals surface area contributed by atoms with Crippen LogP contribution in [0.5, 0.6) is 0 Å². The smallest absolute Gasteiger partial charge is 0.0175 e. The molecule has 0 bridgehead atoms. The molecule has 1 saturated heterocycles. The maximum atomic E-state index is 3.49. The van der Waals surface area contributed by atoms with Gasteiger partial charge in [-0.1, -0.05) is 28.1 Å². The monoisotopic (exact) mass is 265 g/mol. The van der Waals surface area contributed by atoms with Crippen molar-refractivity contribution in [2.45, 2.75) is 25.2 Å². The number of piperidine rings is 1. The second-order valence-corrected chi connectivity index (χ2v) is 5.84. The molecule has 1 unspecified atom stereocenters. The third-order valence-corrected chi connectivity index (χ3v) is 4.59. The summed E-state index contributed by atoms with van der Waals surface area (Å²) in [5.41, 5.74) is 2.21. The highest BCUT2D eigenvalue weighted by Gasteiger charge is 2.54. The van der Waals surface area contributed by atoms with Crippen molar-refractivity contribution in [2.24, 2.45) is 5.41 Å². The Kier molecular flexibility index (Phi) is 2.37. The largest absolute Gasteiger partial charge is 0.317 e. The summed E-state index contributed by atoms with van der Waals surface area (Å²) in [6, 6.07) is 8.90. The summed E-state index contributed by atoms with van der Waals surface area (Å²) in [6.45, 7) is 2.43. The molecule has 0 amide bonds. The molecular formula is C13H16BrN. The first-order valence-corrected chi connectivity index (χ1v) is 6.56. The van der Waals surface area contributed by atoms with Crippen molar-refractivity contribution in [1.29, 1.82) is 0 Å². The zero-order valence-electron chi connectivity index (χ0n) is 8.80. The van der Waals surface area contributed by atoms with Crippen LogP contribution in [0.15, 0.2) is 28.7 Å². The molecule has 15 heavy (non-hydrogen) atoms. The second kappa shape index (κ2) is 3.60. The Morgan fingerprint density at radius 2 is 1.80 bits per heavy atom. The normalized spacial score (nSPS) is 27.9. The third kappa shape index (κ3) is 1.74. The lowest BCUT2D eigenvalue weighted by Crippen LogP contribution is -2.29. The minimum Gasteiger partial charge on any atom is -0.317 e. The van der Waals surface area contributed by atoms with Crippen molar-refractivity contribution in [3.8, 4) is 0 Å². The van der Waals surface area contributed by atoms with E-state index in [9.17, 15) is 0 Å². The Morgan fingerprint density at radius 3 is 2.47 bits per heavy atom. The number of hydrogen-bond donors (Lipinski definition) is 1. The summed E-state index contributed by atoms with van der Waals surface area (Å²) in [5.74, 6) is 0.840. The molecule has 2 heteroatoms. The predicted octanol–water partition coefficient (Wildman–Crippen LogP) is 3.31.